The highest BCUT2D eigenvalue weighted by Crippen LogP contribution is 2.26. The van der Waals surface area contributed by atoms with Gasteiger partial charge in [-0.15, -0.1) is 24.0 Å². The van der Waals surface area contributed by atoms with Crippen molar-refractivity contribution in [1.29, 1.82) is 0 Å². The van der Waals surface area contributed by atoms with E-state index in [-0.39, 0.29) is 30.0 Å². The first kappa shape index (κ1) is 24.5. The van der Waals surface area contributed by atoms with Crippen LogP contribution in [-0.2, 0) is 6.54 Å². The van der Waals surface area contributed by atoms with Gasteiger partial charge in [0.25, 0.3) is 0 Å². The molecule has 7 nitrogen and oxygen atoms in total. The summed E-state index contributed by atoms with van der Waals surface area (Å²) in [6.07, 6.45) is 4.61. The normalized spacial score (nSPS) is 16.2. The van der Waals surface area contributed by atoms with Crippen molar-refractivity contribution >= 4 is 47.4 Å². The van der Waals surface area contributed by atoms with Crippen LogP contribution < -0.4 is 20.3 Å². The van der Waals surface area contributed by atoms with Gasteiger partial charge >= 0.3 is 0 Å². The van der Waals surface area contributed by atoms with E-state index < -0.39 is 0 Å². The van der Waals surface area contributed by atoms with Crippen LogP contribution in [0.2, 0.25) is 5.02 Å². The Kier molecular flexibility index (Phi) is 9.41. The van der Waals surface area contributed by atoms with Gasteiger partial charge in [-0.2, -0.15) is 0 Å². The molecule has 1 saturated heterocycles. The highest BCUT2D eigenvalue weighted by Gasteiger charge is 2.25. The molecule has 1 fully saturated rings. The first-order valence-corrected chi connectivity index (χ1v) is 10.3. The Bertz CT molecular complexity index is 879. The number of hydrogen-bond acceptors (Lipinski definition) is 5. The highest BCUT2D eigenvalue weighted by molar-refractivity contribution is 14.0. The predicted molar refractivity (Wildman–Crippen MR) is 133 cm³/mol. The molecule has 0 aliphatic carbocycles. The second kappa shape index (κ2) is 11.5. The lowest BCUT2D eigenvalue weighted by atomic mass is 10.1. The molecule has 30 heavy (non-hydrogen) atoms. The maximum absolute atomic E-state index is 6.30. The molecule has 0 radical (unpaired) electrons. The molecule has 2 aromatic rings. The number of methoxy groups -OCH3 is 1. The van der Waals surface area contributed by atoms with Crippen LogP contribution in [-0.4, -0.2) is 48.7 Å². The van der Waals surface area contributed by atoms with Gasteiger partial charge in [0, 0.05) is 49.2 Å². The van der Waals surface area contributed by atoms with Crippen molar-refractivity contribution < 1.29 is 4.74 Å². The number of ether oxygens (including phenoxy) is 1. The van der Waals surface area contributed by atoms with Crippen molar-refractivity contribution in [3.05, 3.63) is 46.4 Å². The van der Waals surface area contributed by atoms with Crippen LogP contribution in [0.1, 0.15) is 30.2 Å². The van der Waals surface area contributed by atoms with E-state index >= 15 is 0 Å². The number of anilines is 1. The van der Waals surface area contributed by atoms with Crippen molar-refractivity contribution in [2.75, 3.05) is 31.6 Å². The van der Waals surface area contributed by atoms with Crippen LogP contribution in [0.4, 0.5) is 5.82 Å². The van der Waals surface area contributed by atoms with Crippen LogP contribution in [0, 0.1) is 13.8 Å². The molecule has 3 rings (SSSR count). The summed E-state index contributed by atoms with van der Waals surface area (Å²) in [5.74, 6) is 2.50. The third-order valence-electron chi connectivity index (χ3n) is 5.05. The van der Waals surface area contributed by atoms with Gasteiger partial charge in [0.2, 0.25) is 0 Å². The summed E-state index contributed by atoms with van der Waals surface area (Å²) in [5.41, 5.74) is 2.98. The summed E-state index contributed by atoms with van der Waals surface area (Å²) in [7, 11) is 1.69. The summed E-state index contributed by atoms with van der Waals surface area (Å²) in [6, 6.07) is 4.00. The SMILES string of the molecule is CCNC(=NCc1ncc(C)c(OC)c1C)NC1CCN(c2ncccc2Cl)C1.I. The maximum Gasteiger partial charge on any atom is 0.191 e. The van der Waals surface area contributed by atoms with Gasteiger partial charge in [-0.1, -0.05) is 11.6 Å². The Morgan fingerprint density at radius 2 is 2.17 bits per heavy atom. The summed E-state index contributed by atoms with van der Waals surface area (Å²) in [5, 5.41) is 7.54. The van der Waals surface area contributed by atoms with E-state index in [0.717, 1.165) is 60.4 Å². The van der Waals surface area contributed by atoms with Gasteiger partial charge in [-0.25, -0.2) is 9.98 Å². The minimum absolute atomic E-state index is 0. The summed E-state index contributed by atoms with van der Waals surface area (Å²) in [4.78, 5) is 15.9. The van der Waals surface area contributed by atoms with Crippen LogP contribution >= 0.6 is 35.6 Å². The van der Waals surface area contributed by atoms with Gasteiger partial charge in [0.1, 0.15) is 11.6 Å². The number of rotatable bonds is 6. The molecular weight excluding hydrogens is 515 g/mol. The monoisotopic (exact) mass is 544 g/mol. The predicted octanol–water partition coefficient (Wildman–Crippen LogP) is 3.71. The van der Waals surface area contributed by atoms with Gasteiger partial charge in [0.15, 0.2) is 5.96 Å². The van der Waals surface area contributed by atoms with E-state index in [9.17, 15) is 0 Å². The van der Waals surface area contributed by atoms with Gasteiger partial charge < -0.3 is 20.3 Å². The van der Waals surface area contributed by atoms with E-state index in [0.29, 0.717) is 11.6 Å². The lowest BCUT2D eigenvalue weighted by Crippen LogP contribution is -2.44. The molecule has 2 N–H and O–H groups in total. The summed E-state index contributed by atoms with van der Waals surface area (Å²) >= 11 is 6.30. The second-order valence-electron chi connectivity index (χ2n) is 7.13. The fraction of sp³-hybridized carbons (Fsp3) is 0.476. The Balaban J connectivity index is 0.00000320. The van der Waals surface area contributed by atoms with Gasteiger partial charge in [-0.3, -0.25) is 4.98 Å². The second-order valence-corrected chi connectivity index (χ2v) is 7.53. The molecule has 0 amide bonds. The first-order valence-electron chi connectivity index (χ1n) is 9.92. The van der Waals surface area contributed by atoms with Crippen LogP contribution in [0.5, 0.6) is 5.75 Å². The van der Waals surface area contributed by atoms with E-state index in [1.807, 2.05) is 32.2 Å². The van der Waals surface area contributed by atoms with Crippen LogP contribution in [0.15, 0.2) is 29.5 Å². The Morgan fingerprint density at radius 1 is 1.37 bits per heavy atom. The number of aryl methyl sites for hydroxylation is 1. The number of nitrogens with one attached hydrogen (secondary N) is 2. The zero-order valence-corrected chi connectivity index (χ0v) is 21.0. The largest absolute Gasteiger partial charge is 0.496 e. The van der Waals surface area contributed by atoms with Crippen molar-refractivity contribution in [3.8, 4) is 5.75 Å². The Hall–Kier alpha value is -1.81. The van der Waals surface area contributed by atoms with Crippen LogP contribution in [0.3, 0.4) is 0 Å². The van der Waals surface area contributed by atoms with E-state index in [1.165, 1.54) is 0 Å². The molecule has 1 unspecified atom stereocenters. The van der Waals surface area contributed by atoms with E-state index in [1.54, 1.807) is 13.3 Å². The third kappa shape index (κ3) is 5.87. The molecule has 2 aromatic heterocycles. The lowest BCUT2D eigenvalue weighted by molar-refractivity contribution is 0.407. The smallest absolute Gasteiger partial charge is 0.191 e. The molecule has 3 heterocycles. The van der Waals surface area contributed by atoms with Gasteiger partial charge in [0.05, 0.1) is 24.4 Å². The summed E-state index contributed by atoms with van der Waals surface area (Å²) < 4.78 is 5.50. The molecule has 1 aliphatic heterocycles. The molecular formula is C21H30ClIN6O. The molecule has 0 aromatic carbocycles. The average molecular weight is 545 g/mol. The van der Waals surface area contributed by atoms with Gasteiger partial charge in [-0.05, 0) is 39.3 Å². The Labute approximate surface area is 200 Å². The van der Waals surface area contributed by atoms with Crippen molar-refractivity contribution in [3.63, 3.8) is 0 Å². The Morgan fingerprint density at radius 3 is 2.87 bits per heavy atom. The molecule has 1 aliphatic rings. The van der Waals surface area contributed by atoms with Crippen molar-refractivity contribution in [2.45, 2.75) is 39.8 Å². The highest BCUT2D eigenvalue weighted by atomic mass is 127. The standard InChI is InChI=1S/C21H29ClN6O.HI/c1-5-23-21(26-12-18-15(3)19(29-4)14(2)11-25-18)27-16-8-10-28(13-16)20-17(22)7-6-9-24-20;/h6-7,9,11,16H,5,8,10,12-13H2,1-4H3,(H2,23,26,27);1H. The summed E-state index contributed by atoms with van der Waals surface area (Å²) in [6.45, 7) is 9.09. The molecule has 1 atom stereocenters. The number of aliphatic imine (C=N–C) groups is 1. The molecule has 9 heteroatoms. The zero-order valence-electron chi connectivity index (χ0n) is 17.9. The quantitative estimate of drug-likeness (QED) is 0.328. The number of aromatic nitrogens is 2. The fourth-order valence-electron chi connectivity index (χ4n) is 3.58. The number of halogens is 2. The molecule has 164 valence electrons. The molecule has 0 saturated carbocycles. The molecule has 0 bridgehead atoms. The van der Waals surface area contributed by atoms with E-state index in [4.69, 9.17) is 21.3 Å². The van der Waals surface area contributed by atoms with Crippen LogP contribution in [0.25, 0.3) is 0 Å². The third-order valence-corrected chi connectivity index (χ3v) is 5.34. The number of hydrogen-bond donors (Lipinski definition) is 2. The van der Waals surface area contributed by atoms with Crippen molar-refractivity contribution in [2.24, 2.45) is 4.99 Å². The topological polar surface area (TPSA) is 74.7 Å². The minimum Gasteiger partial charge on any atom is -0.496 e. The maximum atomic E-state index is 6.30. The minimum atomic E-state index is 0. The lowest BCUT2D eigenvalue weighted by Gasteiger charge is -2.20. The number of nitrogens with zero attached hydrogens (tertiary/aromatic N) is 4. The zero-order chi connectivity index (χ0) is 20.8. The average Bonchev–Trinajstić information content (AvgIpc) is 3.16. The first-order chi connectivity index (χ1) is 14.0. The number of guanidine groups is 1. The number of pyridine rings is 2. The fourth-order valence-corrected chi connectivity index (χ4v) is 3.82. The molecule has 0 spiro atoms. The van der Waals surface area contributed by atoms with Crippen molar-refractivity contribution in [1.82, 2.24) is 20.6 Å². The van der Waals surface area contributed by atoms with E-state index in [2.05, 4.69) is 32.4 Å².